The van der Waals surface area contributed by atoms with Gasteiger partial charge in [-0.2, -0.15) is 11.8 Å². The highest BCUT2D eigenvalue weighted by molar-refractivity contribution is 7.98. The normalized spacial score (nSPS) is 32.2. The van der Waals surface area contributed by atoms with E-state index in [4.69, 9.17) is 11.6 Å². The molecule has 66 valence electrons. The lowest BCUT2D eigenvalue weighted by molar-refractivity contribution is 0.359. The van der Waals surface area contributed by atoms with Crippen molar-refractivity contribution < 1.29 is 0 Å². The van der Waals surface area contributed by atoms with Crippen molar-refractivity contribution in [3.05, 3.63) is 0 Å². The second kappa shape index (κ2) is 5.31. The molecule has 0 bridgehead atoms. The molecule has 1 fully saturated rings. The standard InChI is InChI=1S/C9H17ClS/c1-11-7-6-8-4-2-3-5-9(8)10/h8-9H,2-7H2,1H3. The summed E-state index contributed by atoms with van der Waals surface area (Å²) < 4.78 is 0. The van der Waals surface area contributed by atoms with Gasteiger partial charge in [0, 0.05) is 5.38 Å². The molecule has 1 saturated carbocycles. The van der Waals surface area contributed by atoms with Gasteiger partial charge >= 0.3 is 0 Å². The zero-order valence-electron chi connectivity index (χ0n) is 7.18. The Morgan fingerprint density at radius 3 is 2.73 bits per heavy atom. The molecule has 0 N–H and O–H groups in total. The van der Waals surface area contributed by atoms with E-state index in [1.807, 2.05) is 11.8 Å². The van der Waals surface area contributed by atoms with Crippen molar-refractivity contribution >= 4 is 23.4 Å². The molecule has 0 spiro atoms. The lowest BCUT2D eigenvalue weighted by atomic mass is 9.87. The van der Waals surface area contributed by atoms with E-state index < -0.39 is 0 Å². The van der Waals surface area contributed by atoms with Crippen molar-refractivity contribution in [2.24, 2.45) is 5.92 Å². The van der Waals surface area contributed by atoms with Crippen LogP contribution in [0.5, 0.6) is 0 Å². The van der Waals surface area contributed by atoms with E-state index in [2.05, 4.69) is 6.26 Å². The Balaban J connectivity index is 2.18. The van der Waals surface area contributed by atoms with E-state index >= 15 is 0 Å². The van der Waals surface area contributed by atoms with Crippen LogP contribution in [0.15, 0.2) is 0 Å². The maximum atomic E-state index is 6.21. The lowest BCUT2D eigenvalue weighted by Gasteiger charge is -2.26. The summed E-state index contributed by atoms with van der Waals surface area (Å²) in [7, 11) is 0. The molecule has 0 heterocycles. The molecule has 0 saturated heterocycles. The quantitative estimate of drug-likeness (QED) is 0.617. The Bertz CT molecular complexity index is 106. The van der Waals surface area contributed by atoms with E-state index in [1.165, 1.54) is 37.9 Å². The molecule has 2 atom stereocenters. The predicted molar refractivity (Wildman–Crippen MR) is 54.6 cm³/mol. The molecule has 1 aliphatic rings. The third-order valence-corrected chi connectivity index (χ3v) is 3.73. The summed E-state index contributed by atoms with van der Waals surface area (Å²) in [6, 6.07) is 0. The van der Waals surface area contributed by atoms with Crippen LogP contribution in [0.4, 0.5) is 0 Å². The van der Waals surface area contributed by atoms with Crippen molar-refractivity contribution in [1.29, 1.82) is 0 Å². The SMILES string of the molecule is CSCCC1CCCCC1Cl. The van der Waals surface area contributed by atoms with Crippen LogP contribution in [0.2, 0.25) is 0 Å². The van der Waals surface area contributed by atoms with Crippen LogP contribution >= 0.6 is 23.4 Å². The van der Waals surface area contributed by atoms with Crippen LogP contribution in [0.1, 0.15) is 32.1 Å². The second-order valence-electron chi connectivity index (χ2n) is 3.34. The fourth-order valence-electron chi connectivity index (χ4n) is 1.76. The average molecular weight is 193 g/mol. The zero-order chi connectivity index (χ0) is 8.10. The highest BCUT2D eigenvalue weighted by Gasteiger charge is 2.21. The molecule has 0 aromatic carbocycles. The first kappa shape index (κ1) is 9.73. The summed E-state index contributed by atoms with van der Waals surface area (Å²) >= 11 is 8.15. The summed E-state index contributed by atoms with van der Waals surface area (Å²) in [5, 5.41) is 0.482. The van der Waals surface area contributed by atoms with Gasteiger partial charge in [-0.25, -0.2) is 0 Å². The van der Waals surface area contributed by atoms with Crippen molar-refractivity contribution in [1.82, 2.24) is 0 Å². The average Bonchev–Trinajstić information content (AvgIpc) is 2.03. The van der Waals surface area contributed by atoms with Crippen molar-refractivity contribution in [3.8, 4) is 0 Å². The number of rotatable bonds is 3. The Kier molecular flexibility index (Phi) is 4.70. The number of hydrogen-bond acceptors (Lipinski definition) is 1. The highest BCUT2D eigenvalue weighted by Crippen LogP contribution is 2.31. The van der Waals surface area contributed by atoms with Crippen LogP contribution in [-0.4, -0.2) is 17.4 Å². The molecule has 1 aliphatic carbocycles. The summed E-state index contributed by atoms with van der Waals surface area (Å²) in [5.74, 6) is 2.10. The van der Waals surface area contributed by atoms with Gasteiger partial charge in [0.2, 0.25) is 0 Å². The van der Waals surface area contributed by atoms with Crippen molar-refractivity contribution in [2.45, 2.75) is 37.5 Å². The van der Waals surface area contributed by atoms with Crippen LogP contribution < -0.4 is 0 Å². The van der Waals surface area contributed by atoms with Gasteiger partial charge < -0.3 is 0 Å². The minimum absolute atomic E-state index is 0.482. The van der Waals surface area contributed by atoms with Crippen LogP contribution in [-0.2, 0) is 0 Å². The number of thioether (sulfide) groups is 1. The van der Waals surface area contributed by atoms with Gasteiger partial charge in [0.05, 0.1) is 0 Å². The van der Waals surface area contributed by atoms with E-state index in [1.54, 1.807) is 0 Å². The van der Waals surface area contributed by atoms with Gasteiger partial charge in [-0.1, -0.05) is 12.8 Å². The van der Waals surface area contributed by atoms with E-state index in [-0.39, 0.29) is 0 Å². The third kappa shape index (κ3) is 3.25. The molecule has 1 rings (SSSR count). The fourth-order valence-corrected chi connectivity index (χ4v) is 2.70. The van der Waals surface area contributed by atoms with Crippen LogP contribution in [0.3, 0.4) is 0 Å². The highest BCUT2D eigenvalue weighted by atomic mass is 35.5. The zero-order valence-corrected chi connectivity index (χ0v) is 8.76. The number of alkyl halides is 1. The van der Waals surface area contributed by atoms with Crippen molar-refractivity contribution in [2.75, 3.05) is 12.0 Å². The minimum atomic E-state index is 0.482. The van der Waals surface area contributed by atoms with Crippen molar-refractivity contribution in [3.63, 3.8) is 0 Å². The first-order valence-corrected chi connectivity index (χ1v) is 6.30. The molecule has 0 radical (unpaired) electrons. The van der Waals surface area contributed by atoms with Gasteiger partial charge in [-0.05, 0) is 37.2 Å². The fraction of sp³-hybridized carbons (Fsp3) is 1.00. The third-order valence-electron chi connectivity index (χ3n) is 2.51. The van der Waals surface area contributed by atoms with Gasteiger partial charge in [-0.3, -0.25) is 0 Å². The van der Waals surface area contributed by atoms with E-state index in [0.717, 1.165) is 5.92 Å². The van der Waals surface area contributed by atoms with Gasteiger partial charge in [0.1, 0.15) is 0 Å². The molecule has 0 aromatic rings. The minimum Gasteiger partial charge on any atom is -0.165 e. The summed E-state index contributed by atoms with van der Waals surface area (Å²) in [4.78, 5) is 0. The smallest absolute Gasteiger partial charge is 0.0364 e. The molecule has 0 aromatic heterocycles. The molecule has 11 heavy (non-hydrogen) atoms. The summed E-state index contributed by atoms with van der Waals surface area (Å²) in [6.07, 6.45) is 8.88. The maximum absolute atomic E-state index is 6.21. The summed E-state index contributed by atoms with van der Waals surface area (Å²) in [6.45, 7) is 0. The molecule has 0 nitrogen and oxygen atoms in total. The molecule has 0 aliphatic heterocycles. The van der Waals surface area contributed by atoms with Gasteiger partial charge in [0.25, 0.3) is 0 Å². The Morgan fingerprint density at radius 1 is 1.36 bits per heavy atom. The maximum Gasteiger partial charge on any atom is 0.0364 e. The predicted octanol–water partition coefficient (Wildman–Crippen LogP) is 3.54. The topological polar surface area (TPSA) is 0 Å². The Labute approximate surface area is 79.1 Å². The van der Waals surface area contributed by atoms with Crippen LogP contribution in [0.25, 0.3) is 0 Å². The molecule has 0 amide bonds. The molecule has 2 unspecified atom stereocenters. The molecular weight excluding hydrogens is 176 g/mol. The van der Waals surface area contributed by atoms with Crippen LogP contribution in [0, 0.1) is 5.92 Å². The number of hydrogen-bond donors (Lipinski definition) is 0. The first-order valence-electron chi connectivity index (χ1n) is 4.47. The van der Waals surface area contributed by atoms with Gasteiger partial charge in [-0.15, -0.1) is 11.6 Å². The largest absolute Gasteiger partial charge is 0.165 e. The Hall–Kier alpha value is 0.640. The first-order chi connectivity index (χ1) is 5.34. The molecular formula is C9H17ClS. The van der Waals surface area contributed by atoms with E-state index in [0.29, 0.717) is 5.38 Å². The van der Waals surface area contributed by atoms with Gasteiger partial charge in [0.15, 0.2) is 0 Å². The number of halogens is 1. The second-order valence-corrected chi connectivity index (χ2v) is 4.89. The van der Waals surface area contributed by atoms with E-state index in [9.17, 15) is 0 Å². The Morgan fingerprint density at radius 2 is 2.09 bits per heavy atom. The summed E-state index contributed by atoms with van der Waals surface area (Å²) in [5.41, 5.74) is 0. The monoisotopic (exact) mass is 192 g/mol. The molecule has 2 heteroatoms. The lowest BCUT2D eigenvalue weighted by Crippen LogP contribution is -2.20.